The van der Waals surface area contributed by atoms with E-state index in [1.54, 1.807) is 13.0 Å². The van der Waals surface area contributed by atoms with Crippen LogP contribution in [0, 0.1) is 27.7 Å². The van der Waals surface area contributed by atoms with Gasteiger partial charge in [-0.2, -0.15) is 0 Å². The normalized spacial score (nSPS) is 11.9. The molecule has 1 heterocycles. The number of aliphatic imine (C=N–C) groups is 1. The molecule has 0 unspecified atom stereocenters. The van der Waals surface area contributed by atoms with E-state index < -0.39 is 10.0 Å². The first kappa shape index (κ1) is 22.9. The maximum Gasteiger partial charge on any atom is 0.241 e. The molecule has 0 bridgehead atoms. The molecule has 0 saturated carbocycles. The molecule has 0 spiro atoms. The van der Waals surface area contributed by atoms with Crippen LogP contribution in [-0.4, -0.2) is 27.5 Å². The topological polar surface area (TPSA) is 96.6 Å². The van der Waals surface area contributed by atoms with Crippen LogP contribution in [0.1, 0.15) is 20.9 Å². The predicted octanol–water partition coefficient (Wildman–Crippen LogP) is 3.30. The minimum atomic E-state index is -3.51. The zero-order valence-corrected chi connectivity index (χ0v) is 19.3. The third-order valence-corrected chi connectivity index (χ3v) is 6.15. The number of aryl methyl sites for hydroxylation is 4. The van der Waals surface area contributed by atoms with Crippen molar-refractivity contribution in [3.05, 3.63) is 45.1 Å². The van der Waals surface area contributed by atoms with Crippen molar-refractivity contribution in [1.82, 2.24) is 4.72 Å². The van der Waals surface area contributed by atoms with Crippen LogP contribution in [0.25, 0.3) is 0 Å². The van der Waals surface area contributed by atoms with Crippen LogP contribution in [0.3, 0.4) is 0 Å². The highest BCUT2D eigenvalue weighted by atomic mass is 127. The molecule has 144 valence electrons. The zero-order chi connectivity index (χ0) is 18.6. The summed E-state index contributed by atoms with van der Waals surface area (Å²) in [5.41, 5.74) is 8.98. The van der Waals surface area contributed by atoms with Gasteiger partial charge in [0.05, 0.1) is 11.4 Å². The summed E-state index contributed by atoms with van der Waals surface area (Å²) >= 11 is 1.47. The Morgan fingerprint density at radius 2 is 1.73 bits per heavy atom. The number of rotatable bonds is 6. The number of nitrogens with zero attached hydrogens (tertiary/aromatic N) is 1. The summed E-state index contributed by atoms with van der Waals surface area (Å²) in [6.45, 7) is 8.15. The lowest BCUT2D eigenvalue weighted by Gasteiger charge is -2.08. The van der Waals surface area contributed by atoms with Crippen molar-refractivity contribution in [3.8, 4) is 0 Å². The highest BCUT2D eigenvalue weighted by molar-refractivity contribution is 14.0. The third-order valence-electron chi connectivity index (χ3n) is 3.47. The molecule has 4 N–H and O–H groups in total. The summed E-state index contributed by atoms with van der Waals surface area (Å²) in [6, 6.07) is 7.70. The molecule has 1 aromatic heterocycles. The molecule has 2 rings (SSSR count). The SMILES string of the molecule is Cc1cc(C)cc(NC(N)=NCCNS(=O)(=O)c2cc(C)sc2C)c1.I. The van der Waals surface area contributed by atoms with E-state index in [2.05, 4.69) is 21.1 Å². The smallest absolute Gasteiger partial charge is 0.241 e. The molecule has 26 heavy (non-hydrogen) atoms. The van der Waals surface area contributed by atoms with Gasteiger partial charge in [-0.05, 0) is 57.0 Å². The Morgan fingerprint density at radius 1 is 1.12 bits per heavy atom. The molecule has 1 aromatic carbocycles. The second kappa shape index (κ2) is 9.67. The van der Waals surface area contributed by atoms with Gasteiger partial charge >= 0.3 is 0 Å². The number of halogens is 1. The Hall–Kier alpha value is -1.17. The van der Waals surface area contributed by atoms with E-state index in [1.165, 1.54) is 11.3 Å². The summed E-state index contributed by atoms with van der Waals surface area (Å²) in [6.07, 6.45) is 0. The van der Waals surface area contributed by atoms with Gasteiger partial charge in [0.15, 0.2) is 5.96 Å². The molecule has 0 aliphatic heterocycles. The molecule has 0 aliphatic carbocycles. The first-order valence-corrected chi connectivity index (χ1v) is 10.2. The van der Waals surface area contributed by atoms with E-state index in [9.17, 15) is 8.42 Å². The molecule has 9 heteroatoms. The van der Waals surface area contributed by atoms with Crippen LogP contribution in [0.5, 0.6) is 0 Å². The minimum absolute atomic E-state index is 0. The Kier molecular flexibility index (Phi) is 8.51. The fourth-order valence-electron chi connectivity index (χ4n) is 2.54. The highest BCUT2D eigenvalue weighted by Gasteiger charge is 2.18. The van der Waals surface area contributed by atoms with Crippen molar-refractivity contribution in [3.63, 3.8) is 0 Å². The first-order valence-electron chi connectivity index (χ1n) is 7.89. The van der Waals surface area contributed by atoms with E-state index in [4.69, 9.17) is 5.73 Å². The van der Waals surface area contributed by atoms with E-state index in [0.717, 1.165) is 26.6 Å². The summed E-state index contributed by atoms with van der Waals surface area (Å²) < 4.78 is 27.1. The standard InChI is InChI=1S/C17H24N4O2S2.HI/c1-11-7-12(2)9-15(8-11)21-17(18)19-5-6-20-25(22,23)16-10-13(3)24-14(16)4;/h7-10,20H,5-6H2,1-4H3,(H3,18,19,21);1H. The van der Waals surface area contributed by atoms with Gasteiger partial charge in [-0.1, -0.05) is 6.07 Å². The van der Waals surface area contributed by atoms with Crippen molar-refractivity contribution in [2.75, 3.05) is 18.4 Å². The molecule has 6 nitrogen and oxygen atoms in total. The molecular formula is C17H25IN4O2S2. The van der Waals surface area contributed by atoms with Crippen LogP contribution >= 0.6 is 35.3 Å². The summed E-state index contributed by atoms with van der Waals surface area (Å²) in [5.74, 6) is 0.256. The minimum Gasteiger partial charge on any atom is -0.370 e. The summed E-state index contributed by atoms with van der Waals surface area (Å²) in [7, 11) is -3.51. The largest absolute Gasteiger partial charge is 0.370 e. The highest BCUT2D eigenvalue weighted by Crippen LogP contribution is 2.24. The van der Waals surface area contributed by atoms with Gasteiger partial charge in [0.2, 0.25) is 10.0 Å². The van der Waals surface area contributed by atoms with Gasteiger partial charge in [0.1, 0.15) is 0 Å². The van der Waals surface area contributed by atoms with Crippen molar-refractivity contribution in [1.29, 1.82) is 0 Å². The van der Waals surface area contributed by atoms with Crippen molar-refractivity contribution in [2.45, 2.75) is 32.6 Å². The maximum atomic E-state index is 12.3. The molecule has 0 saturated heterocycles. The number of sulfonamides is 1. The van der Waals surface area contributed by atoms with E-state index in [-0.39, 0.29) is 43.0 Å². The van der Waals surface area contributed by atoms with Crippen LogP contribution in [-0.2, 0) is 10.0 Å². The number of hydrogen-bond donors (Lipinski definition) is 3. The predicted molar refractivity (Wildman–Crippen MR) is 120 cm³/mol. The van der Waals surface area contributed by atoms with Crippen molar-refractivity contribution in [2.24, 2.45) is 10.7 Å². The molecule has 0 amide bonds. The lowest BCUT2D eigenvalue weighted by Crippen LogP contribution is -2.28. The van der Waals surface area contributed by atoms with Gasteiger partial charge in [-0.3, -0.25) is 4.99 Å². The molecule has 0 radical (unpaired) electrons. The lowest BCUT2D eigenvalue weighted by atomic mass is 10.1. The molecular weight excluding hydrogens is 483 g/mol. The quantitative estimate of drug-likeness (QED) is 0.242. The number of hydrogen-bond acceptors (Lipinski definition) is 4. The first-order chi connectivity index (χ1) is 11.7. The molecule has 0 aliphatic rings. The van der Waals surface area contributed by atoms with E-state index >= 15 is 0 Å². The maximum absolute atomic E-state index is 12.3. The lowest BCUT2D eigenvalue weighted by molar-refractivity contribution is 0.582. The number of benzene rings is 1. The second-order valence-electron chi connectivity index (χ2n) is 5.94. The number of nitrogens with one attached hydrogen (secondary N) is 2. The van der Waals surface area contributed by atoms with E-state index in [0.29, 0.717) is 4.90 Å². The van der Waals surface area contributed by atoms with Gasteiger partial charge in [-0.25, -0.2) is 13.1 Å². The fourth-order valence-corrected chi connectivity index (χ4v) is 5.12. The monoisotopic (exact) mass is 508 g/mol. The Labute approximate surface area is 176 Å². The van der Waals surface area contributed by atoms with E-state index in [1.807, 2.05) is 32.9 Å². The summed E-state index contributed by atoms with van der Waals surface area (Å²) in [4.78, 5) is 6.25. The van der Waals surface area contributed by atoms with Crippen LogP contribution in [0.15, 0.2) is 34.2 Å². The number of anilines is 1. The second-order valence-corrected chi connectivity index (χ2v) is 9.14. The van der Waals surface area contributed by atoms with Crippen molar-refractivity contribution < 1.29 is 8.42 Å². The molecule has 0 fully saturated rings. The average Bonchev–Trinajstić information content (AvgIpc) is 2.82. The van der Waals surface area contributed by atoms with Crippen LogP contribution in [0.4, 0.5) is 5.69 Å². The van der Waals surface area contributed by atoms with Crippen LogP contribution < -0.4 is 15.8 Å². The van der Waals surface area contributed by atoms with Gasteiger partial charge in [0.25, 0.3) is 0 Å². The van der Waals surface area contributed by atoms with Gasteiger partial charge in [-0.15, -0.1) is 35.3 Å². The zero-order valence-electron chi connectivity index (χ0n) is 15.3. The number of nitrogens with two attached hydrogens (primary N) is 1. The molecule has 0 atom stereocenters. The summed E-state index contributed by atoms with van der Waals surface area (Å²) in [5, 5.41) is 3.02. The van der Waals surface area contributed by atoms with Crippen LogP contribution in [0.2, 0.25) is 0 Å². The fraction of sp³-hybridized carbons (Fsp3) is 0.353. The Bertz CT molecular complexity index is 872. The van der Waals surface area contributed by atoms with Gasteiger partial charge < -0.3 is 11.1 Å². The average molecular weight is 508 g/mol. The molecule has 2 aromatic rings. The Morgan fingerprint density at radius 3 is 2.27 bits per heavy atom. The van der Waals surface area contributed by atoms with Crippen molar-refractivity contribution >= 4 is 57.0 Å². The third kappa shape index (κ3) is 6.53. The number of guanidine groups is 1. The number of thiophene rings is 1. The van der Waals surface area contributed by atoms with Gasteiger partial charge in [0, 0.05) is 22.0 Å². The Balaban J connectivity index is 0.00000338.